The number of hydrogen-bond donors (Lipinski definition) is 4. The quantitative estimate of drug-likeness (QED) is 0.187. The van der Waals surface area contributed by atoms with Crippen LogP contribution in [0.1, 0.15) is 37.9 Å². The molecule has 0 aliphatic carbocycles. The molecule has 11 heteroatoms. The van der Waals surface area contributed by atoms with E-state index < -0.39 is 11.9 Å². The maximum atomic E-state index is 10.5. The Morgan fingerprint density at radius 3 is 2.42 bits per heavy atom. The van der Waals surface area contributed by atoms with Gasteiger partial charge in [-0.1, -0.05) is 11.6 Å². The molecule has 3 rings (SSSR count). The van der Waals surface area contributed by atoms with Crippen LogP contribution < -0.4 is 15.0 Å². The Balaban J connectivity index is 2.11. The van der Waals surface area contributed by atoms with Crippen molar-refractivity contribution in [2.75, 3.05) is 52.4 Å². The first kappa shape index (κ1) is 29.8. The Morgan fingerprint density at radius 2 is 1.87 bits per heavy atom. The highest BCUT2D eigenvalue weighted by atomic mass is 35.5. The Labute approximate surface area is 229 Å². The summed E-state index contributed by atoms with van der Waals surface area (Å²) in [5, 5.41) is 32.1. The van der Waals surface area contributed by atoms with Crippen molar-refractivity contribution in [2.24, 2.45) is 0 Å². The van der Waals surface area contributed by atoms with Crippen LogP contribution in [-0.4, -0.2) is 85.3 Å². The summed E-state index contributed by atoms with van der Waals surface area (Å²) in [6, 6.07) is 5.15. The van der Waals surface area contributed by atoms with E-state index in [9.17, 15) is 10.2 Å². The van der Waals surface area contributed by atoms with E-state index in [2.05, 4.69) is 10.2 Å². The first-order chi connectivity index (χ1) is 18.1. The van der Waals surface area contributed by atoms with Crippen LogP contribution in [0.2, 0.25) is 5.02 Å². The van der Waals surface area contributed by atoms with E-state index in [0.29, 0.717) is 71.7 Å². The van der Waals surface area contributed by atoms with Crippen molar-refractivity contribution in [1.82, 2.24) is 15.3 Å². The van der Waals surface area contributed by atoms with Crippen molar-refractivity contribution < 1.29 is 24.4 Å². The van der Waals surface area contributed by atoms with Crippen LogP contribution in [0.5, 0.6) is 5.75 Å². The van der Waals surface area contributed by atoms with Crippen molar-refractivity contribution in [2.45, 2.75) is 45.5 Å². The smallest absolute Gasteiger partial charge is 0.170 e. The van der Waals surface area contributed by atoms with Gasteiger partial charge in [0.2, 0.25) is 0 Å². The fourth-order valence-electron chi connectivity index (χ4n) is 4.60. The minimum atomic E-state index is -0.672. The van der Waals surface area contributed by atoms with Crippen LogP contribution in [0.3, 0.4) is 0 Å². The van der Waals surface area contributed by atoms with Gasteiger partial charge in [0.15, 0.2) is 11.6 Å². The predicted octanol–water partition coefficient (Wildman–Crippen LogP) is 3.98. The molecule has 38 heavy (non-hydrogen) atoms. The Morgan fingerprint density at radius 1 is 1.21 bits per heavy atom. The van der Waals surface area contributed by atoms with Gasteiger partial charge in [-0.05, 0) is 46.0 Å². The van der Waals surface area contributed by atoms with Gasteiger partial charge in [-0.15, -0.1) is 0 Å². The van der Waals surface area contributed by atoms with Crippen molar-refractivity contribution in [1.29, 1.82) is 5.41 Å². The monoisotopic (exact) mass is 547 g/mol. The zero-order chi connectivity index (χ0) is 28.0. The zero-order valence-corrected chi connectivity index (χ0v) is 23.6. The molecule has 0 bridgehead atoms. The van der Waals surface area contributed by atoms with Crippen LogP contribution in [0, 0.1) is 12.3 Å². The number of allylic oxidation sites excluding steroid dienone is 2. The minimum absolute atomic E-state index is 0.00525. The third-order valence-corrected chi connectivity index (χ3v) is 7.05. The molecule has 2 aromatic rings. The molecule has 0 saturated carbocycles. The summed E-state index contributed by atoms with van der Waals surface area (Å²) in [6.45, 7) is 6.79. The average Bonchev–Trinajstić information content (AvgIpc) is 2.89. The molecule has 1 saturated heterocycles. The molecule has 1 aliphatic heterocycles. The van der Waals surface area contributed by atoms with Crippen molar-refractivity contribution >= 4 is 28.7 Å². The number of aliphatic hydroxyl groups excluding tert-OH is 2. The highest BCUT2D eigenvalue weighted by molar-refractivity contribution is 6.33. The van der Waals surface area contributed by atoms with E-state index in [4.69, 9.17) is 41.2 Å². The second kappa shape index (κ2) is 12.9. The summed E-state index contributed by atoms with van der Waals surface area (Å²) in [6.07, 6.45) is 0.603. The molecule has 1 aliphatic rings. The third kappa shape index (κ3) is 6.62. The third-order valence-electron chi connectivity index (χ3n) is 6.72. The highest BCUT2D eigenvalue weighted by Gasteiger charge is 2.36. The second-order valence-electron chi connectivity index (χ2n) is 9.40. The lowest BCUT2D eigenvalue weighted by Crippen LogP contribution is -2.47. The molecular formula is C27H38ClN5O5. The number of halogens is 1. The molecule has 10 nitrogen and oxygen atoms in total. The van der Waals surface area contributed by atoms with Crippen LogP contribution in [-0.2, 0) is 9.47 Å². The second-order valence-corrected chi connectivity index (χ2v) is 9.81. The molecule has 0 radical (unpaired) electrons. The first-order valence-corrected chi connectivity index (χ1v) is 12.9. The maximum Gasteiger partial charge on any atom is 0.170 e. The SMILES string of the molecule is CNC[C@@H](O)COc1ccc(Cl)c(-c2nc(/C(C(C)=N)=C(\C)O)c(C)c(N3CCC(OC)(OC)CC3)n2)c1. The number of benzene rings is 1. The van der Waals surface area contributed by atoms with E-state index in [1.165, 1.54) is 0 Å². The number of piperidine rings is 1. The number of aromatic nitrogens is 2. The van der Waals surface area contributed by atoms with E-state index in [-0.39, 0.29) is 18.1 Å². The largest absolute Gasteiger partial charge is 0.512 e. The Kier molecular flexibility index (Phi) is 10.1. The number of anilines is 1. The number of aliphatic hydroxyl groups is 2. The maximum absolute atomic E-state index is 10.5. The van der Waals surface area contributed by atoms with Gasteiger partial charge in [-0.25, -0.2) is 9.97 Å². The van der Waals surface area contributed by atoms with Gasteiger partial charge < -0.3 is 40.0 Å². The number of nitrogens with one attached hydrogen (secondary N) is 2. The molecule has 0 amide bonds. The average molecular weight is 548 g/mol. The molecule has 2 heterocycles. The van der Waals surface area contributed by atoms with E-state index in [1.807, 2.05) is 6.92 Å². The highest BCUT2D eigenvalue weighted by Crippen LogP contribution is 2.36. The standard InChI is InChI=1S/C27H38ClN5O5/c1-16-24(23(17(2)29)18(3)34)31-25(32-26(16)33-11-9-27(36-5,37-6)10-12-33)21-13-20(7-8-22(21)28)38-15-19(35)14-30-4/h7-8,13,19,29-30,34-35H,9-12,14-15H2,1-6H3/b23-18+,29-17?/t19-/m1/s1. The minimum Gasteiger partial charge on any atom is -0.512 e. The summed E-state index contributed by atoms with van der Waals surface area (Å²) in [7, 11) is 5.05. The number of rotatable bonds is 11. The summed E-state index contributed by atoms with van der Waals surface area (Å²) < 4.78 is 17.1. The van der Waals surface area contributed by atoms with Crippen LogP contribution >= 0.6 is 11.6 Å². The van der Waals surface area contributed by atoms with Gasteiger partial charge >= 0.3 is 0 Å². The van der Waals surface area contributed by atoms with Gasteiger partial charge in [0.25, 0.3) is 0 Å². The summed E-state index contributed by atoms with van der Waals surface area (Å²) in [5.74, 6) is 0.870. The fraction of sp³-hybridized carbons (Fsp3) is 0.519. The summed E-state index contributed by atoms with van der Waals surface area (Å²) in [5.41, 5.74) is 2.25. The molecule has 208 valence electrons. The van der Waals surface area contributed by atoms with Gasteiger partial charge in [0.1, 0.15) is 30.0 Å². The summed E-state index contributed by atoms with van der Waals surface area (Å²) in [4.78, 5) is 11.8. The molecule has 0 unspecified atom stereocenters. The van der Waals surface area contributed by atoms with Crippen molar-refractivity contribution in [3.8, 4) is 17.1 Å². The number of nitrogens with zero attached hydrogens (tertiary/aromatic N) is 3. The predicted molar refractivity (Wildman–Crippen MR) is 149 cm³/mol. The topological polar surface area (TPSA) is 133 Å². The first-order valence-electron chi connectivity index (χ1n) is 12.5. The van der Waals surface area contributed by atoms with Crippen LogP contribution in [0.4, 0.5) is 5.82 Å². The number of methoxy groups -OCH3 is 2. The molecule has 1 aromatic carbocycles. The molecule has 0 spiro atoms. The molecule has 1 atom stereocenters. The van der Waals surface area contributed by atoms with Gasteiger partial charge in [0, 0.05) is 63.5 Å². The van der Waals surface area contributed by atoms with Crippen LogP contribution in [0.25, 0.3) is 17.0 Å². The number of likely N-dealkylation sites (N-methyl/N-ethyl adjacent to an activating group) is 1. The number of hydrogen-bond acceptors (Lipinski definition) is 10. The number of ether oxygens (including phenoxy) is 3. The molecule has 4 N–H and O–H groups in total. The molecular weight excluding hydrogens is 510 g/mol. The Bertz CT molecular complexity index is 1170. The normalized spacial score (nSPS) is 16.7. The van der Waals surface area contributed by atoms with Crippen molar-refractivity contribution in [3.05, 3.63) is 40.2 Å². The zero-order valence-electron chi connectivity index (χ0n) is 22.9. The fourth-order valence-corrected chi connectivity index (χ4v) is 4.80. The molecule has 1 fully saturated rings. The Hall–Kier alpha value is -2.76. The van der Waals surface area contributed by atoms with E-state index >= 15 is 0 Å². The lowest BCUT2D eigenvalue weighted by atomic mass is 9.99. The van der Waals surface area contributed by atoms with Gasteiger partial charge in [0.05, 0.1) is 16.3 Å². The lowest BCUT2D eigenvalue weighted by Gasteiger charge is -2.40. The molecule has 1 aromatic heterocycles. The van der Waals surface area contributed by atoms with Crippen molar-refractivity contribution in [3.63, 3.8) is 0 Å². The lowest BCUT2D eigenvalue weighted by molar-refractivity contribution is -0.216. The van der Waals surface area contributed by atoms with E-state index in [1.54, 1.807) is 53.3 Å². The summed E-state index contributed by atoms with van der Waals surface area (Å²) >= 11 is 6.61. The van der Waals surface area contributed by atoms with Gasteiger partial charge in [-0.3, -0.25) is 0 Å². The van der Waals surface area contributed by atoms with Crippen LogP contribution in [0.15, 0.2) is 24.0 Å². The van der Waals surface area contributed by atoms with Gasteiger partial charge in [-0.2, -0.15) is 0 Å². The van der Waals surface area contributed by atoms with E-state index in [0.717, 1.165) is 5.56 Å².